The summed E-state index contributed by atoms with van der Waals surface area (Å²) in [5, 5.41) is 14.5. The van der Waals surface area contributed by atoms with Gasteiger partial charge in [-0.2, -0.15) is 5.21 Å². The minimum absolute atomic E-state index is 0.193. The first-order chi connectivity index (χ1) is 18.1. The number of methoxy groups -OCH3 is 1. The van der Waals surface area contributed by atoms with Gasteiger partial charge in [0, 0.05) is 25.1 Å². The van der Waals surface area contributed by atoms with Crippen molar-refractivity contribution in [3.63, 3.8) is 0 Å². The number of ether oxygens (including phenoxy) is 1. The summed E-state index contributed by atoms with van der Waals surface area (Å²) in [6.45, 7) is 7.64. The van der Waals surface area contributed by atoms with Gasteiger partial charge in [0.2, 0.25) is 5.82 Å². The summed E-state index contributed by atoms with van der Waals surface area (Å²) in [7, 11) is 1.43. The molecule has 37 heavy (non-hydrogen) atoms. The summed E-state index contributed by atoms with van der Waals surface area (Å²) < 4.78 is 7.26. The molecular formula is C27H32N8O2. The first-order valence-electron chi connectivity index (χ1n) is 12.7. The van der Waals surface area contributed by atoms with E-state index in [1.165, 1.54) is 12.7 Å². The summed E-state index contributed by atoms with van der Waals surface area (Å²) >= 11 is 0. The molecule has 1 aliphatic rings. The van der Waals surface area contributed by atoms with Gasteiger partial charge >= 0.3 is 5.97 Å². The van der Waals surface area contributed by atoms with Gasteiger partial charge in [0.15, 0.2) is 5.82 Å². The highest BCUT2D eigenvalue weighted by atomic mass is 16.5. The first-order valence-corrected chi connectivity index (χ1v) is 12.7. The maximum atomic E-state index is 12.1. The number of anilines is 1. The molecule has 4 aromatic rings. The third-order valence-corrected chi connectivity index (χ3v) is 6.70. The standard InChI is InChI=1S/C27H32N8O2/c1-4-14-33-16-23-27(34(18-33)17-25(36)37-3)28-24(5-2)35(23)15-19-10-12-20(13-11-19)21-8-6-7-9-22(21)26-29-31-32-30-26/h6-13H,4-5,14-18H2,1-3H3,(H,29,30,31,32). The van der Waals surface area contributed by atoms with Gasteiger partial charge in [0.25, 0.3) is 0 Å². The van der Waals surface area contributed by atoms with Crippen LogP contribution in [0.25, 0.3) is 22.5 Å². The number of carbonyl (C=O) groups excluding carboxylic acids is 1. The van der Waals surface area contributed by atoms with Crippen LogP contribution in [0.1, 0.15) is 37.4 Å². The molecule has 3 heterocycles. The summed E-state index contributed by atoms with van der Waals surface area (Å²) in [4.78, 5) is 21.5. The maximum Gasteiger partial charge on any atom is 0.325 e. The number of hydrogen-bond donors (Lipinski definition) is 1. The van der Waals surface area contributed by atoms with E-state index in [4.69, 9.17) is 9.72 Å². The fraction of sp³-hybridized carbons (Fsp3) is 0.370. The van der Waals surface area contributed by atoms with Crippen LogP contribution < -0.4 is 4.90 Å². The van der Waals surface area contributed by atoms with Crippen LogP contribution in [-0.4, -0.2) is 67.9 Å². The monoisotopic (exact) mass is 500 g/mol. The lowest BCUT2D eigenvalue weighted by atomic mass is 9.98. The second-order valence-electron chi connectivity index (χ2n) is 9.18. The molecule has 2 aromatic carbocycles. The van der Waals surface area contributed by atoms with E-state index in [0.717, 1.165) is 60.0 Å². The van der Waals surface area contributed by atoms with E-state index in [9.17, 15) is 4.79 Å². The first kappa shape index (κ1) is 24.6. The largest absolute Gasteiger partial charge is 0.468 e. The van der Waals surface area contributed by atoms with E-state index in [-0.39, 0.29) is 12.5 Å². The molecule has 0 spiro atoms. The van der Waals surface area contributed by atoms with Gasteiger partial charge in [-0.05, 0) is 34.9 Å². The number of tetrazole rings is 1. The number of aromatic amines is 1. The normalized spacial score (nSPS) is 13.5. The molecule has 0 unspecified atom stereocenters. The van der Waals surface area contributed by atoms with E-state index in [2.05, 4.69) is 74.3 Å². The molecule has 0 fully saturated rings. The molecule has 5 rings (SSSR count). The second kappa shape index (κ2) is 10.9. The average molecular weight is 501 g/mol. The van der Waals surface area contributed by atoms with Gasteiger partial charge in [0.05, 0.1) is 19.5 Å². The number of fused-ring (bicyclic) bond motifs is 1. The number of aryl methyl sites for hydroxylation is 1. The van der Waals surface area contributed by atoms with Crippen LogP contribution in [0.15, 0.2) is 48.5 Å². The Hall–Kier alpha value is -4.05. The van der Waals surface area contributed by atoms with E-state index in [1.54, 1.807) is 0 Å². The van der Waals surface area contributed by atoms with E-state index >= 15 is 0 Å². The van der Waals surface area contributed by atoms with Gasteiger partial charge in [0.1, 0.15) is 12.4 Å². The van der Waals surface area contributed by atoms with E-state index in [1.807, 2.05) is 23.1 Å². The number of H-pyrrole nitrogens is 1. The highest BCUT2D eigenvalue weighted by Crippen LogP contribution is 2.31. The highest BCUT2D eigenvalue weighted by molar-refractivity contribution is 5.80. The molecule has 0 amide bonds. The van der Waals surface area contributed by atoms with Crippen molar-refractivity contribution in [1.29, 1.82) is 0 Å². The topological polar surface area (TPSA) is 105 Å². The van der Waals surface area contributed by atoms with Crippen LogP contribution in [0.2, 0.25) is 0 Å². The number of esters is 1. The smallest absolute Gasteiger partial charge is 0.325 e. The summed E-state index contributed by atoms with van der Waals surface area (Å²) in [6.07, 6.45) is 1.85. The predicted octanol–water partition coefficient (Wildman–Crippen LogP) is 3.50. The molecule has 10 heteroatoms. The lowest BCUT2D eigenvalue weighted by Crippen LogP contribution is -2.45. The van der Waals surface area contributed by atoms with Crippen LogP contribution in [0, 0.1) is 0 Å². The summed E-state index contributed by atoms with van der Waals surface area (Å²) in [5.74, 6) is 2.23. The SMILES string of the molecule is CCCN1Cc2c(nc(CC)n2Cc2ccc(-c3ccccc3-c3nn[nH]n3)cc2)N(CC(=O)OC)C1. The van der Waals surface area contributed by atoms with E-state index in [0.29, 0.717) is 19.0 Å². The number of carbonyl (C=O) groups is 1. The number of imidazole rings is 1. The Morgan fingerprint density at radius 3 is 2.54 bits per heavy atom. The fourth-order valence-electron chi connectivity index (χ4n) is 4.95. The number of rotatable bonds is 9. The average Bonchev–Trinajstić information content (AvgIpc) is 3.58. The lowest BCUT2D eigenvalue weighted by Gasteiger charge is -2.35. The summed E-state index contributed by atoms with van der Waals surface area (Å²) in [5.41, 5.74) is 5.40. The molecule has 10 nitrogen and oxygen atoms in total. The van der Waals surface area contributed by atoms with E-state index < -0.39 is 0 Å². The van der Waals surface area contributed by atoms with Gasteiger partial charge in [-0.15, -0.1) is 10.2 Å². The lowest BCUT2D eigenvalue weighted by molar-refractivity contribution is -0.139. The van der Waals surface area contributed by atoms with Crippen molar-refractivity contribution in [3.8, 4) is 22.5 Å². The Bertz CT molecular complexity index is 1350. The maximum absolute atomic E-state index is 12.1. The van der Waals surface area contributed by atoms with Crippen LogP contribution in [0.4, 0.5) is 5.82 Å². The number of benzene rings is 2. The molecule has 2 aromatic heterocycles. The van der Waals surface area contributed by atoms with Crippen molar-refractivity contribution in [1.82, 2.24) is 35.1 Å². The highest BCUT2D eigenvalue weighted by Gasteiger charge is 2.30. The number of nitrogens with zero attached hydrogens (tertiary/aromatic N) is 7. The van der Waals surface area contributed by atoms with Crippen LogP contribution in [-0.2, 0) is 29.0 Å². The third kappa shape index (κ3) is 5.10. The van der Waals surface area contributed by atoms with Crippen LogP contribution in [0.3, 0.4) is 0 Å². The molecule has 1 N–H and O–H groups in total. The molecule has 0 saturated heterocycles. The Kier molecular flexibility index (Phi) is 7.27. The number of aromatic nitrogens is 6. The minimum Gasteiger partial charge on any atom is -0.468 e. The van der Waals surface area contributed by atoms with Crippen molar-refractivity contribution in [2.24, 2.45) is 0 Å². The number of hydrogen-bond acceptors (Lipinski definition) is 8. The zero-order chi connectivity index (χ0) is 25.8. The van der Waals surface area contributed by atoms with Crippen LogP contribution in [0.5, 0.6) is 0 Å². The molecule has 192 valence electrons. The predicted molar refractivity (Wildman–Crippen MR) is 141 cm³/mol. The Morgan fingerprint density at radius 1 is 1.08 bits per heavy atom. The van der Waals surface area contributed by atoms with Crippen molar-refractivity contribution in [2.45, 2.75) is 39.8 Å². The van der Waals surface area contributed by atoms with Gasteiger partial charge in [-0.25, -0.2) is 4.98 Å². The second-order valence-corrected chi connectivity index (χ2v) is 9.18. The summed E-state index contributed by atoms with van der Waals surface area (Å²) in [6, 6.07) is 16.7. The van der Waals surface area contributed by atoms with Crippen molar-refractivity contribution in [2.75, 3.05) is 31.8 Å². The van der Waals surface area contributed by atoms with Crippen molar-refractivity contribution in [3.05, 3.63) is 65.6 Å². The molecule has 0 saturated carbocycles. The molecule has 0 bridgehead atoms. The van der Waals surface area contributed by atoms with Crippen molar-refractivity contribution < 1.29 is 9.53 Å². The zero-order valence-electron chi connectivity index (χ0n) is 21.5. The Balaban J connectivity index is 1.44. The third-order valence-electron chi connectivity index (χ3n) is 6.70. The Labute approximate surface area is 216 Å². The molecule has 0 radical (unpaired) electrons. The van der Waals surface area contributed by atoms with Gasteiger partial charge in [-0.3, -0.25) is 9.69 Å². The van der Waals surface area contributed by atoms with Crippen molar-refractivity contribution >= 4 is 11.8 Å². The zero-order valence-corrected chi connectivity index (χ0v) is 21.5. The fourth-order valence-corrected chi connectivity index (χ4v) is 4.95. The number of nitrogens with one attached hydrogen (secondary N) is 1. The van der Waals surface area contributed by atoms with Gasteiger partial charge < -0.3 is 14.2 Å². The molecule has 0 atom stereocenters. The molecular weight excluding hydrogens is 468 g/mol. The quantitative estimate of drug-likeness (QED) is 0.348. The van der Waals surface area contributed by atoms with Crippen LogP contribution >= 0.6 is 0 Å². The minimum atomic E-state index is -0.256. The molecule has 0 aliphatic carbocycles. The molecule has 1 aliphatic heterocycles. The Morgan fingerprint density at radius 2 is 1.86 bits per heavy atom. The van der Waals surface area contributed by atoms with Gasteiger partial charge in [-0.1, -0.05) is 62.4 Å².